The summed E-state index contributed by atoms with van der Waals surface area (Å²) in [6, 6.07) is 20.0. The zero-order valence-corrected chi connectivity index (χ0v) is 12.3. The molecule has 0 fully saturated rings. The molecule has 0 radical (unpaired) electrons. The van der Waals surface area contributed by atoms with E-state index in [9.17, 15) is 5.11 Å². The second kappa shape index (κ2) is 7.36. The summed E-state index contributed by atoms with van der Waals surface area (Å²) in [5.74, 6) is 0. The van der Waals surface area contributed by atoms with Gasteiger partial charge in [0.05, 0.1) is 13.2 Å². The molecule has 0 saturated carbocycles. The molecule has 0 spiro atoms. The number of hydrogen-bond donors (Lipinski definition) is 1. The SMILES string of the molecule is O[C@@H]1C=C[C@H](c2ccccc2)O[C@@H]1COCc1ccccc1. The van der Waals surface area contributed by atoms with Gasteiger partial charge in [0.2, 0.25) is 0 Å². The predicted molar refractivity (Wildman–Crippen MR) is 85.3 cm³/mol. The van der Waals surface area contributed by atoms with E-state index in [0.29, 0.717) is 13.2 Å². The maximum Gasteiger partial charge on any atom is 0.111 e. The van der Waals surface area contributed by atoms with Crippen LogP contribution in [0.1, 0.15) is 17.2 Å². The zero-order valence-electron chi connectivity index (χ0n) is 12.3. The number of aliphatic hydroxyl groups excluding tert-OH is 1. The Labute approximate surface area is 130 Å². The van der Waals surface area contributed by atoms with Crippen molar-refractivity contribution in [3.8, 4) is 0 Å². The van der Waals surface area contributed by atoms with Gasteiger partial charge in [-0.15, -0.1) is 0 Å². The first-order valence-electron chi connectivity index (χ1n) is 7.51. The van der Waals surface area contributed by atoms with Crippen LogP contribution in [0.15, 0.2) is 72.8 Å². The molecule has 2 aromatic carbocycles. The van der Waals surface area contributed by atoms with Crippen LogP contribution in [0.4, 0.5) is 0 Å². The predicted octanol–water partition coefficient (Wildman–Crippen LogP) is 3.26. The Morgan fingerprint density at radius 3 is 2.32 bits per heavy atom. The minimum atomic E-state index is -0.629. The Balaban J connectivity index is 1.56. The van der Waals surface area contributed by atoms with E-state index in [-0.39, 0.29) is 12.2 Å². The first-order chi connectivity index (χ1) is 10.8. The van der Waals surface area contributed by atoms with Gasteiger partial charge >= 0.3 is 0 Å². The monoisotopic (exact) mass is 296 g/mol. The van der Waals surface area contributed by atoms with Gasteiger partial charge in [-0.1, -0.05) is 72.8 Å². The van der Waals surface area contributed by atoms with Gasteiger partial charge in [0.1, 0.15) is 18.3 Å². The Kier molecular flexibility index (Phi) is 5.01. The average molecular weight is 296 g/mol. The highest BCUT2D eigenvalue weighted by Crippen LogP contribution is 2.26. The van der Waals surface area contributed by atoms with E-state index in [1.54, 1.807) is 6.08 Å². The van der Waals surface area contributed by atoms with Crippen molar-refractivity contribution >= 4 is 0 Å². The van der Waals surface area contributed by atoms with Gasteiger partial charge in [-0.25, -0.2) is 0 Å². The van der Waals surface area contributed by atoms with Crippen LogP contribution in [-0.4, -0.2) is 23.9 Å². The smallest absolute Gasteiger partial charge is 0.111 e. The fraction of sp³-hybridized carbons (Fsp3) is 0.263. The summed E-state index contributed by atoms with van der Waals surface area (Å²) in [5.41, 5.74) is 2.20. The normalized spacial score (nSPS) is 24.3. The molecular weight excluding hydrogens is 276 g/mol. The number of hydrogen-bond acceptors (Lipinski definition) is 3. The standard InChI is InChI=1S/C19H20O3/c20-17-11-12-18(16-9-5-2-6-10-16)22-19(17)14-21-13-15-7-3-1-4-8-15/h1-12,17-20H,13-14H2/t17-,18-,19-/m1/s1. The summed E-state index contributed by atoms with van der Waals surface area (Å²) >= 11 is 0. The van der Waals surface area contributed by atoms with Gasteiger partial charge < -0.3 is 14.6 Å². The first-order valence-corrected chi connectivity index (χ1v) is 7.51. The van der Waals surface area contributed by atoms with Crippen LogP contribution >= 0.6 is 0 Å². The maximum atomic E-state index is 10.0. The number of ether oxygens (including phenoxy) is 2. The van der Waals surface area contributed by atoms with Crippen molar-refractivity contribution in [3.05, 3.63) is 83.9 Å². The van der Waals surface area contributed by atoms with Crippen molar-refractivity contribution in [1.29, 1.82) is 0 Å². The largest absolute Gasteiger partial charge is 0.386 e. The summed E-state index contributed by atoms with van der Waals surface area (Å²) in [4.78, 5) is 0. The molecule has 1 aliphatic rings. The number of benzene rings is 2. The molecule has 0 bridgehead atoms. The molecule has 0 aromatic heterocycles. The molecule has 1 N–H and O–H groups in total. The van der Waals surface area contributed by atoms with E-state index in [4.69, 9.17) is 9.47 Å². The van der Waals surface area contributed by atoms with Crippen molar-refractivity contribution in [2.24, 2.45) is 0 Å². The van der Waals surface area contributed by atoms with Crippen LogP contribution in [0.25, 0.3) is 0 Å². The van der Waals surface area contributed by atoms with Crippen LogP contribution in [0.3, 0.4) is 0 Å². The third kappa shape index (κ3) is 3.83. The van der Waals surface area contributed by atoms with Crippen molar-refractivity contribution in [2.75, 3.05) is 6.61 Å². The van der Waals surface area contributed by atoms with Gasteiger partial charge in [-0.05, 0) is 11.1 Å². The van der Waals surface area contributed by atoms with Crippen LogP contribution < -0.4 is 0 Å². The summed E-state index contributed by atoms with van der Waals surface area (Å²) < 4.78 is 11.7. The molecule has 3 nitrogen and oxygen atoms in total. The molecule has 3 heteroatoms. The lowest BCUT2D eigenvalue weighted by atomic mass is 10.0. The summed E-state index contributed by atoms with van der Waals surface area (Å²) in [7, 11) is 0. The van der Waals surface area contributed by atoms with Crippen molar-refractivity contribution in [2.45, 2.75) is 24.9 Å². The van der Waals surface area contributed by atoms with Gasteiger partial charge in [0, 0.05) is 0 Å². The highest BCUT2D eigenvalue weighted by molar-refractivity contribution is 5.23. The van der Waals surface area contributed by atoms with E-state index < -0.39 is 6.10 Å². The van der Waals surface area contributed by atoms with E-state index in [1.165, 1.54) is 0 Å². The molecule has 1 aliphatic heterocycles. The fourth-order valence-electron chi connectivity index (χ4n) is 2.49. The fourth-order valence-corrected chi connectivity index (χ4v) is 2.49. The summed E-state index contributed by atoms with van der Waals surface area (Å²) in [6.07, 6.45) is 2.58. The summed E-state index contributed by atoms with van der Waals surface area (Å²) in [6.45, 7) is 0.886. The van der Waals surface area contributed by atoms with Crippen molar-refractivity contribution in [1.82, 2.24) is 0 Å². The molecule has 1 heterocycles. The second-order valence-corrected chi connectivity index (χ2v) is 5.38. The molecule has 3 atom stereocenters. The minimum absolute atomic E-state index is 0.130. The summed E-state index contributed by atoms with van der Waals surface area (Å²) in [5, 5.41) is 10.0. The third-order valence-electron chi connectivity index (χ3n) is 3.71. The van der Waals surface area contributed by atoms with Crippen LogP contribution in [0.5, 0.6) is 0 Å². The lowest BCUT2D eigenvalue weighted by Gasteiger charge is -2.29. The Morgan fingerprint density at radius 1 is 0.909 bits per heavy atom. The highest BCUT2D eigenvalue weighted by atomic mass is 16.5. The second-order valence-electron chi connectivity index (χ2n) is 5.38. The van der Waals surface area contributed by atoms with E-state index >= 15 is 0 Å². The van der Waals surface area contributed by atoms with Crippen molar-refractivity contribution < 1.29 is 14.6 Å². The molecule has 22 heavy (non-hydrogen) atoms. The van der Waals surface area contributed by atoms with E-state index in [2.05, 4.69) is 0 Å². The molecule has 0 amide bonds. The average Bonchev–Trinajstić information content (AvgIpc) is 2.58. The Bertz CT molecular complexity index is 595. The third-order valence-corrected chi connectivity index (χ3v) is 3.71. The number of rotatable bonds is 5. The van der Waals surface area contributed by atoms with Gasteiger partial charge in [0.15, 0.2) is 0 Å². The molecule has 0 aliphatic carbocycles. The van der Waals surface area contributed by atoms with Gasteiger partial charge in [0.25, 0.3) is 0 Å². The van der Waals surface area contributed by atoms with E-state index in [1.807, 2.05) is 66.7 Å². The van der Waals surface area contributed by atoms with Crippen LogP contribution in [0, 0.1) is 0 Å². The first kappa shape index (κ1) is 15.0. The molecule has 0 unspecified atom stereocenters. The van der Waals surface area contributed by atoms with E-state index in [0.717, 1.165) is 11.1 Å². The zero-order chi connectivity index (χ0) is 15.2. The number of aliphatic hydroxyl groups is 1. The molecular formula is C19H20O3. The van der Waals surface area contributed by atoms with Gasteiger partial charge in [-0.3, -0.25) is 0 Å². The molecule has 114 valence electrons. The Hall–Kier alpha value is -1.94. The maximum absolute atomic E-state index is 10.0. The van der Waals surface area contributed by atoms with Gasteiger partial charge in [-0.2, -0.15) is 0 Å². The highest BCUT2D eigenvalue weighted by Gasteiger charge is 2.26. The lowest BCUT2D eigenvalue weighted by Crippen LogP contribution is -2.36. The Morgan fingerprint density at radius 2 is 1.59 bits per heavy atom. The molecule has 2 aromatic rings. The van der Waals surface area contributed by atoms with Crippen LogP contribution in [0.2, 0.25) is 0 Å². The lowest BCUT2D eigenvalue weighted by molar-refractivity contribution is -0.0974. The van der Waals surface area contributed by atoms with Crippen molar-refractivity contribution in [3.63, 3.8) is 0 Å². The van der Waals surface area contributed by atoms with Crippen LogP contribution in [-0.2, 0) is 16.1 Å². The molecule has 3 rings (SSSR count). The molecule has 0 saturated heterocycles. The quantitative estimate of drug-likeness (QED) is 0.861. The topological polar surface area (TPSA) is 38.7 Å². The minimum Gasteiger partial charge on any atom is -0.386 e.